The number of ether oxygens (including phenoxy) is 1. The van der Waals surface area contributed by atoms with Gasteiger partial charge >= 0.3 is 0 Å². The Morgan fingerprint density at radius 2 is 0.873 bits per heavy atom. The molecule has 14 nitrogen and oxygen atoms in total. The molecule has 0 spiro atoms. The number of amides is 1. The number of Topliss-reactive ketones (excluding diaryl/α,β-unsaturated/α-hetero) is 3. The highest BCUT2D eigenvalue weighted by molar-refractivity contribution is 5.80. The number of rotatable bonds is 2. The van der Waals surface area contributed by atoms with Gasteiger partial charge in [0.25, 0.3) is 0 Å². The first-order valence-corrected chi connectivity index (χ1v) is 28.7. The molecule has 8 heterocycles. The number of hydrogen-bond donors (Lipinski definition) is 0. The molecule has 8 aliphatic heterocycles. The molecule has 0 radical (unpaired) electrons. The monoisotopic (exact) mass is 1010 g/mol. The Balaban J connectivity index is 0.000000406. The van der Waals surface area contributed by atoms with E-state index in [4.69, 9.17) is 4.74 Å². The number of hydrogen-bond acceptors (Lipinski definition) is 13. The van der Waals surface area contributed by atoms with Gasteiger partial charge in [0, 0.05) is 84.8 Å². The van der Waals surface area contributed by atoms with Crippen molar-refractivity contribution in [1.29, 1.82) is 0 Å². The van der Waals surface area contributed by atoms with Crippen LogP contribution < -0.4 is 0 Å². The first-order chi connectivity index (χ1) is 33.9. The number of nitrogens with zero attached hydrogens (tertiary/aromatic N) is 9. The summed E-state index contributed by atoms with van der Waals surface area (Å²) in [6.07, 6.45) is 25.7. The van der Waals surface area contributed by atoms with Gasteiger partial charge in [0.15, 0.2) is 0 Å². The van der Waals surface area contributed by atoms with Gasteiger partial charge in [0.1, 0.15) is 30.8 Å². The average molecular weight is 1010 g/mol. The molecular formula is C57H115N9O5. The zero-order valence-electron chi connectivity index (χ0n) is 48.7. The fourth-order valence-corrected chi connectivity index (χ4v) is 9.84. The molecule has 1 amide bonds. The van der Waals surface area contributed by atoms with Crippen LogP contribution in [0.1, 0.15) is 162 Å². The molecule has 0 aromatic carbocycles. The van der Waals surface area contributed by atoms with Gasteiger partial charge in [-0.1, -0.05) is 52.9 Å². The van der Waals surface area contributed by atoms with Crippen LogP contribution in [-0.2, 0) is 23.9 Å². The predicted octanol–water partition coefficient (Wildman–Crippen LogP) is 8.00. The molecular weight excluding hydrogens is 891 g/mol. The molecule has 2 unspecified atom stereocenters. The van der Waals surface area contributed by atoms with Gasteiger partial charge in [0.05, 0.1) is 13.2 Å². The summed E-state index contributed by atoms with van der Waals surface area (Å²) >= 11 is 0. The molecule has 418 valence electrons. The van der Waals surface area contributed by atoms with Crippen molar-refractivity contribution in [3.05, 3.63) is 0 Å². The van der Waals surface area contributed by atoms with Gasteiger partial charge in [-0.3, -0.25) is 33.9 Å². The van der Waals surface area contributed by atoms with Crippen LogP contribution in [0.2, 0.25) is 0 Å². The van der Waals surface area contributed by atoms with Gasteiger partial charge < -0.3 is 34.1 Å². The van der Waals surface area contributed by atoms with Gasteiger partial charge in [-0.15, -0.1) is 0 Å². The highest BCUT2D eigenvalue weighted by Gasteiger charge is 2.20. The molecule has 0 aromatic heterocycles. The minimum atomic E-state index is 0.313. The lowest BCUT2D eigenvalue weighted by Crippen LogP contribution is -2.41. The van der Waals surface area contributed by atoms with Crippen LogP contribution in [0.4, 0.5) is 0 Å². The fraction of sp³-hybridized carbons (Fsp3) is 0.930. The Bertz CT molecular complexity index is 1330. The fourth-order valence-electron chi connectivity index (χ4n) is 9.84. The Kier molecular flexibility index (Phi) is 40.0. The topological polar surface area (TPSA) is 107 Å². The zero-order chi connectivity index (χ0) is 52.8. The third-order valence-electron chi connectivity index (χ3n) is 14.9. The molecule has 0 aliphatic carbocycles. The Hall–Kier alpha value is -1.88. The van der Waals surface area contributed by atoms with E-state index in [0.29, 0.717) is 29.8 Å². The summed E-state index contributed by atoms with van der Waals surface area (Å²) in [7, 11) is 18.8. The molecule has 2 atom stereocenters. The van der Waals surface area contributed by atoms with Crippen LogP contribution in [0.25, 0.3) is 0 Å². The molecule has 0 N–H and O–H groups in total. The minimum absolute atomic E-state index is 0.313. The van der Waals surface area contributed by atoms with Crippen LogP contribution in [-0.4, -0.2) is 236 Å². The molecule has 8 fully saturated rings. The molecule has 14 heteroatoms. The van der Waals surface area contributed by atoms with Crippen molar-refractivity contribution in [3.63, 3.8) is 0 Å². The third-order valence-corrected chi connectivity index (χ3v) is 14.9. The van der Waals surface area contributed by atoms with Crippen molar-refractivity contribution in [2.24, 2.45) is 17.8 Å². The average Bonchev–Trinajstić information content (AvgIpc) is 3.93. The highest BCUT2D eigenvalue weighted by atomic mass is 16.5. The summed E-state index contributed by atoms with van der Waals surface area (Å²) in [6, 6.07) is 0. The standard InChI is InChI=1S/2C9H19N.3C7H13NO.C7H15N.C6H11NO.C5H12N2O/c1-8(2)9-5-4-6-10(3)7-9;1-3-9-6-4-5-7-10(2)8-9;1-8-5-2-3-7(9)4-6-8;1-8-5-3-2-4-7(9)6-8;1-8-6-4-2-3-5-7(8)9;1-8-6-4-2-3-5-7-8;1-7-4-2-6(8)3-5-7;1-6-3-7(2)5-8-4-6/h8-9H,4-7H2,1-3H3;9H,3-8H2,1-2H3;3*2-6H2,1H3;2-7H2,1H3;2-5H2,1H3;3-5H2,1-2H3. The van der Waals surface area contributed by atoms with E-state index >= 15 is 0 Å². The molecule has 71 heavy (non-hydrogen) atoms. The quantitative estimate of drug-likeness (QED) is 0.267. The van der Waals surface area contributed by atoms with Gasteiger partial charge in [-0.2, -0.15) is 0 Å². The van der Waals surface area contributed by atoms with E-state index < -0.39 is 0 Å². The molecule has 0 saturated carbocycles. The third kappa shape index (κ3) is 38.4. The number of piperidine rings is 2. The van der Waals surface area contributed by atoms with E-state index in [-0.39, 0.29) is 0 Å². The van der Waals surface area contributed by atoms with Crippen LogP contribution in [0, 0.1) is 17.8 Å². The van der Waals surface area contributed by atoms with E-state index in [2.05, 4.69) is 88.2 Å². The van der Waals surface area contributed by atoms with E-state index in [9.17, 15) is 19.2 Å². The largest absolute Gasteiger partial charge is 0.351 e. The maximum atomic E-state index is 10.9. The smallest absolute Gasteiger partial charge is 0.222 e. The maximum absolute atomic E-state index is 10.9. The molecule has 0 bridgehead atoms. The first kappa shape index (κ1) is 67.1. The first-order valence-electron chi connectivity index (χ1n) is 28.7. The number of carbonyl (C=O) groups is 4. The lowest BCUT2D eigenvalue weighted by Gasteiger charge is -2.31. The Labute approximate surface area is 438 Å². The molecule has 8 aliphatic rings. The summed E-state index contributed by atoms with van der Waals surface area (Å²) in [4.78, 5) is 63.1. The van der Waals surface area contributed by atoms with E-state index in [1.54, 1.807) is 0 Å². The van der Waals surface area contributed by atoms with Crippen molar-refractivity contribution in [2.45, 2.75) is 162 Å². The van der Waals surface area contributed by atoms with E-state index in [1.807, 2.05) is 40.1 Å². The molecule has 8 rings (SSSR count). The molecule has 0 aromatic rings. The lowest BCUT2D eigenvalue weighted by atomic mass is 9.88. The number of carbonyl (C=O) groups excluding carboxylic acids is 4. The second kappa shape index (κ2) is 42.4. The Morgan fingerprint density at radius 1 is 0.423 bits per heavy atom. The van der Waals surface area contributed by atoms with Gasteiger partial charge in [-0.05, 0) is 184 Å². The minimum Gasteiger partial charge on any atom is -0.351 e. The van der Waals surface area contributed by atoms with Gasteiger partial charge in [0.2, 0.25) is 5.91 Å². The van der Waals surface area contributed by atoms with E-state index in [0.717, 1.165) is 135 Å². The van der Waals surface area contributed by atoms with Crippen molar-refractivity contribution in [1.82, 2.24) is 44.1 Å². The maximum Gasteiger partial charge on any atom is 0.222 e. The summed E-state index contributed by atoms with van der Waals surface area (Å²) in [5, 5.41) is 0. The summed E-state index contributed by atoms with van der Waals surface area (Å²) < 4.78 is 5.15. The number of ketones is 3. The normalized spacial score (nSPS) is 25.7. The van der Waals surface area contributed by atoms with Crippen molar-refractivity contribution in [3.8, 4) is 0 Å². The number of likely N-dealkylation sites (N-methyl/N-ethyl adjacent to an activating group) is 1. The van der Waals surface area contributed by atoms with Crippen LogP contribution >= 0.6 is 0 Å². The van der Waals surface area contributed by atoms with Crippen LogP contribution in [0.5, 0.6) is 0 Å². The number of likely N-dealkylation sites (tertiary alicyclic amines) is 7. The summed E-state index contributed by atoms with van der Waals surface area (Å²) in [5.41, 5.74) is 0. The van der Waals surface area contributed by atoms with Crippen molar-refractivity contribution >= 4 is 23.3 Å². The second-order valence-electron chi connectivity index (χ2n) is 22.9. The Morgan fingerprint density at radius 3 is 1.44 bits per heavy atom. The van der Waals surface area contributed by atoms with Crippen LogP contribution in [0.15, 0.2) is 0 Å². The zero-order valence-corrected chi connectivity index (χ0v) is 48.7. The summed E-state index contributed by atoms with van der Waals surface area (Å²) in [5.74, 6) is 4.37. The second-order valence-corrected chi connectivity index (χ2v) is 22.9. The van der Waals surface area contributed by atoms with Gasteiger partial charge in [-0.25, -0.2) is 0 Å². The van der Waals surface area contributed by atoms with E-state index in [1.165, 1.54) is 123 Å². The highest BCUT2D eigenvalue weighted by Crippen LogP contribution is 2.22. The molecule has 8 saturated heterocycles. The SMILES string of the molecule is CC(C)C1CCCN(C)C1.CCC1CCCCN(C)C1.CN1CCC(=O)CC1.CN1CCCC(=O)CC1.CN1CCCCC(=O)C1.CN1CCCCCC1.CN1CCCCCC1=O.CN1COCN(C)C1. The predicted molar refractivity (Wildman–Crippen MR) is 298 cm³/mol. The summed E-state index contributed by atoms with van der Waals surface area (Å²) in [6.45, 7) is 24.1. The van der Waals surface area contributed by atoms with Crippen molar-refractivity contribution in [2.75, 3.05) is 169 Å². The lowest BCUT2D eigenvalue weighted by molar-refractivity contribution is -0.129. The van der Waals surface area contributed by atoms with Crippen molar-refractivity contribution < 1.29 is 23.9 Å². The van der Waals surface area contributed by atoms with Crippen LogP contribution in [0.3, 0.4) is 0 Å².